The van der Waals surface area contributed by atoms with E-state index in [1.807, 2.05) is 0 Å². The molecule has 0 saturated heterocycles. The highest BCUT2D eigenvalue weighted by Crippen LogP contribution is 2.10. The maximum Gasteiger partial charge on any atom is 0.339 e. The molecule has 0 bridgehead atoms. The van der Waals surface area contributed by atoms with E-state index in [1.165, 1.54) is 31.2 Å². The average Bonchev–Trinajstić information content (AvgIpc) is 2.49. The Morgan fingerprint density at radius 3 is 2.23 bits per heavy atom. The van der Waals surface area contributed by atoms with Crippen molar-refractivity contribution >= 4 is 17.9 Å². The second kappa shape index (κ2) is 7.94. The van der Waals surface area contributed by atoms with E-state index in [4.69, 9.17) is 14.6 Å². The second-order valence-electron chi connectivity index (χ2n) is 4.48. The lowest BCUT2D eigenvalue weighted by Crippen LogP contribution is -2.26. The minimum Gasteiger partial charge on any atom is -0.478 e. The maximum atomic E-state index is 11.8. The number of carbonyl (C=O) groups excluding carboxylic acids is 2. The minimum atomic E-state index is -1.26. The molecule has 0 aromatic heterocycles. The van der Waals surface area contributed by atoms with Gasteiger partial charge in [0.25, 0.3) is 0 Å². The Bertz CT molecular complexity index is 591. The van der Waals surface area contributed by atoms with Crippen LogP contribution in [0, 0.1) is 0 Å². The number of rotatable bonds is 7. The Kier molecular flexibility index (Phi) is 6.27. The number of esters is 2. The van der Waals surface area contributed by atoms with Gasteiger partial charge in [-0.15, -0.1) is 0 Å². The van der Waals surface area contributed by atoms with Gasteiger partial charge in [-0.05, 0) is 19.1 Å². The summed E-state index contributed by atoms with van der Waals surface area (Å²) >= 11 is 0. The minimum absolute atomic E-state index is 0.124. The van der Waals surface area contributed by atoms with E-state index in [0.29, 0.717) is 0 Å². The number of aliphatic hydroxyl groups is 1. The number of hydrogen-bond acceptors (Lipinski definition) is 6. The van der Waals surface area contributed by atoms with Crippen molar-refractivity contribution in [2.45, 2.75) is 13.0 Å². The molecule has 0 fully saturated rings. The second-order valence-corrected chi connectivity index (χ2v) is 4.48. The smallest absolute Gasteiger partial charge is 0.339 e. The normalized spacial score (nSPS) is 11.4. The van der Waals surface area contributed by atoms with E-state index in [-0.39, 0.29) is 23.3 Å². The van der Waals surface area contributed by atoms with Crippen molar-refractivity contribution in [3.63, 3.8) is 0 Å². The highest BCUT2D eigenvalue weighted by atomic mass is 16.6. The molecule has 0 amide bonds. The number of ether oxygens (including phenoxy) is 2. The molecular weight excluding hydrogens is 292 g/mol. The molecule has 0 spiro atoms. The monoisotopic (exact) mass is 308 g/mol. The van der Waals surface area contributed by atoms with Crippen molar-refractivity contribution in [3.05, 3.63) is 47.5 Å². The van der Waals surface area contributed by atoms with Crippen LogP contribution in [0.4, 0.5) is 0 Å². The van der Waals surface area contributed by atoms with E-state index < -0.39 is 30.6 Å². The first-order valence-electron chi connectivity index (χ1n) is 6.33. The molecule has 118 valence electrons. The number of aliphatic hydroxyl groups excluding tert-OH is 1. The van der Waals surface area contributed by atoms with Gasteiger partial charge in [0.05, 0.1) is 11.1 Å². The molecule has 1 atom stereocenters. The van der Waals surface area contributed by atoms with Gasteiger partial charge in [-0.25, -0.2) is 14.4 Å². The van der Waals surface area contributed by atoms with Crippen LogP contribution in [0.1, 0.15) is 27.6 Å². The maximum absolute atomic E-state index is 11.8. The van der Waals surface area contributed by atoms with Crippen LogP contribution in [0.15, 0.2) is 36.4 Å². The molecule has 1 aromatic carbocycles. The Morgan fingerprint density at radius 2 is 1.68 bits per heavy atom. The summed E-state index contributed by atoms with van der Waals surface area (Å²) in [6.45, 7) is 4.04. The number of carbonyl (C=O) groups is 3. The van der Waals surface area contributed by atoms with Gasteiger partial charge in [-0.2, -0.15) is 0 Å². The van der Waals surface area contributed by atoms with Crippen LogP contribution in [-0.4, -0.2) is 47.4 Å². The molecule has 22 heavy (non-hydrogen) atoms. The molecule has 1 unspecified atom stereocenters. The third-order valence-corrected chi connectivity index (χ3v) is 2.54. The Morgan fingerprint density at radius 1 is 1.14 bits per heavy atom. The molecule has 0 aliphatic rings. The summed E-state index contributed by atoms with van der Waals surface area (Å²) in [7, 11) is 0. The summed E-state index contributed by atoms with van der Waals surface area (Å²) in [5.74, 6) is -2.81. The van der Waals surface area contributed by atoms with Crippen LogP contribution < -0.4 is 0 Å². The van der Waals surface area contributed by atoms with Crippen LogP contribution in [0.3, 0.4) is 0 Å². The fraction of sp³-hybridized carbons (Fsp3) is 0.267. The van der Waals surface area contributed by atoms with E-state index in [1.54, 1.807) is 0 Å². The zero-order chi connectivity index (χ0) is 16.7. The fourth-order valence-electron chi connectivity index (χ4n) is 1.44. The zero-order valence-corrected chi connectivity index (χ0v) is 11.9. The molecule has 0 heterocycles. The van der Waals surface area contributed by atoms with Gasteiger partial charge < -0.3 is 19.7 Å². The van der Waals surface area contributed by atoms with Crippen molar-refractivity contribution in [2.24, 2.45) is 0 Å². The SMILES string of the molecule is C=C(C)C(=O)OCC(O)COC(=O)c1ccccc1C(=O)O. The standard InChI is InChI=1S/C15H16O7/c1-9(2)14(19)21-7-10(16)8-22-15(20)12-6-4-3-5-11(12)13(17)18/h3-6,10,16H,1,7-8H2,2H3,(H,17,18). The van der Waals surface area contributed by atoms with Gasteiger partial charge in [0.1, 0.15) is 19.3 Å². The Labute approximate surface area is 126 Å². The number of aromatic carboxylic acids is 1. The van der Waals surface area contributed by atoms with Gasteiger partial charge in [0.15, 0.2) is 0 Å². The first-order valence-corrected chi connectivity index (χ1v) is 6.33. The summed E-state index contributed by atoms with van der Waals surface area (Å²) < 4.78 is 9.50. The van der Waals surface area contributed by atoms with Crippen LogP contribution in [0.5, 0.6) is 0 Å². The van der Waals surface area contributed by atoms with E-state index >= 15 is 0 Å². The Balaban J connectivity index is 2.54. The van der Waals surface area contributed by atoms with E-state index in [2.05, 4.69) is 6.58 Å². The van der Waals surface area contributed by atoms with Gasteiger partial charge in [0.2, 0.25) is 0 Å². The molecule has 0 saturated carbocycles. The topological polar surface area (TPSA) is 110 Å². The van der Waals surface area contributed by atoms with Crippen molar-refractivity contribution in [1.29, 1.82) is 0 Å². The van der Waals surface area contributed by atoms with Crippen molar-refractivity contribution in [1.82, 2.24) is 0 Å². The molecule has 0 aliphatic carbocycles. The van der Waals surface area contributed by atoms with Crippen molar-refractivity contribution < 1.29 is 34.1 Å². The quantitative estimate of drug-likeness (QED) is 0.571. The fourth-order valence-corrected chi connectivity index (χ4v) is 1.44. The zero-order valence-electron chi connectivity index (χ0n) is 11.9. The number of hydrogen-bond donors (Lipinski definition) is 2. The lowest BCUT2D eigenvalue weighted by Gasteiger charge is -2.12. The molecule has 1 aromatic rings. The van der Waals surface area contributed by atoms with Gasteiger partial charge in [-0.1, -0.05) is 18.7 Å². The molecule has 7 nitrogen and oxygen atoms in total. The summed E-state index contributed by atoms with van der Waals surface area (Å²) in [4.78, 5) is 33.9. The first-order chi connectivity index (χ1) is 10.3. The van der Waals surface area contributed by atoms with Crippen LogP contribution >= 0.6 is 0 Å². The predicted molar refractivity (Wildman–Crippen MR) is 75.5 cm³/mol. The number of benzene rings is 1. The molecule has 2 N–H and O–H groups in total. The average molecular weight is 308 g/mol. The molecule has 0 aliphatic heterocycles. The summed E-state index contributed by atoms with van der Waals surface area (Å²) in [5.41, 5.74) is -0.142. The summed E-state index contributed by atoms with van der Waals surface area (Å²) in [6.07, 6.45) is -1.22. The predicted octanol–water partition coefficient (Wildman–Crippen LogP) is 1.02. The van der Waals surface area contributed by atoms with Gasteiger partial charge in [0, 0.05) is 5.57 Å². The van der Waals surface area contributed by atoms with Gasteiger partial charge in [-0.3, -0.25) is 0 Å². The molecule has 1 rings (SSSR count). The van der Waals surface area contributed by atoms with Crippen LogP contribution in [0.2, 0.25) is 0 Å². The highest BCUT2D eigenvalue weighted by molar-refractivity contribution is 6.02. The summed E-state index contributed by atoms with van der Waals surface area (Å²) in [6, 6.07) is 5.55. The third-order valence-electron chi connectivity index (χ3n) is 2.54. The number of carboxylic acid groups (broad SMARTS) is 1. The lowest BCUT2D eigenvalue weighted by atomic mass is 10.1. The Hall–Kier alpha value is -2.67. The first kappa shape index (κ1) is 17.4. The summed E-state index contributed by atoms with van der Waals surface area (Å²) in [5, 5.41) is 18.5. The largest absolute Gasteiger partial charge is 0.478 e. The molecular formula is C15H16O7. The van der Waals surface area contributed by atoms with E-state index in [9.17, 15) is 19.5 Å². The third kappa shape index (κ3) is 5.02. The highest BCUT2D eigenvalue weighted by Gasteiger charge is 2.18. The molecule has 0 radical (unpaired) electrons. The van der Waals surface area contributed by atoms with Crippen molar-refractivity contribution in [2.75, 3.05) is 13.2 Å². The van der Waals surface area contributed by atoms with Crippen LogP contribution in [0.25, 0.3) is 0 Å². The van der Waals surface area contributed by atoms with Crippen molar-refractivity contribution in [3.8, 4) is 0 Å². The van der Waals surface area contributed by atoms with Gasteiger partial charge >= 0.3 is 17.9 Å². The lowest BCUT2D eigenvalue weighted by molar-refractivity contribution is -0.142. The van der Waals surface area contributed by atoms with Crippen LogP contribution in [-0.2, 0) is 14.3 Å². The number of carboxylic acids is 1. The molecule has 7 heteroatoms. The van der Waals surface area contributed by atoms with E-state index in [0.717, 1.165) is 0 Å².